The van der Waals surface area contributed by atoms with Crippen LogP contribution in [0.2, 0.25) is 0 Å². The zero-order valence-corrected chi connectivity index (χ0v) is 14.4. The highest BCUT2D eigenvalue weighted by Crippen LogP contribution is 2.31. The predicted molar refractivity (Wildman–Crippen MR) is 88.4 cm³/mol. The van der Waals surface area contributed by atoms with Crippen LogP contribution < -0.4 is 9.47 Å². The van der Waals surface area contributed by atoms with Crippen molar-refractivity contribution in [3.8, 4) is 11.5 Å². The predicted octanol–water partition coefficient (Wildman–Crippen LogP) is 3.57. The summed E-state index contributed by atoms with van der Waals surface area (Å²) in [5, 5.41) is 0. The zero-order valence-electron chi connectivity index (χ0n) is 14.4. The zero-order chi connectivity index (χ0) is 17.2. The second kappa shape index (κ2) is 9.87. The van der Waals surface area contributed by atoms with Crippen LogP contribution in [0.5, 0.6) is 11.5 Å². The van der Waals surface area contributed by atoms with E-state index in [2.05, 4.69) is 6.92 Å². The Morgan fingerprint density at radius 1 is 1.04 bits per heavy atom. The molecule has 0 aliphatic rings. The van der Waals surface area contributed by atoms with Crippen molar-refractivity contribution in [1.29, 1.82) is 0 Å². The molecular formula is C18H26O5. The lowest BCUT2D eigenvalue weighted by molar-refractivity contribution is -0.142. The Morgan fingerprint density at radius 3 is 2.35 bits per heavy atom. The number of Topliss-reactive ketones (excluding diaryl/α,β-unsaturated/α-hetero) is 1. The molecular weight excluding hydrogens is 296 g/mol. The number of ketones is 1. The van der Waals surface area contributed by atoms with E-state index in [1.165, 1.54) is 14.2 Å². The largest absolute Gasteiger partial charge is 0.497 e. The lowest BCUT2D eigenvalue weighted by Gasteiger charge is -2.15. The highest BCUT2D eigenvalue weighted by molar-refractivity contribution is 6.01. The molecule has 0 aliphatic carbocycles. The van der Waals surface area contributed by atoms with Gasteiger partial charge >= 0.3 is 5.97 Å². The minimum absolute atomic E-state index is 0.0164. The summed E-state index contributed by atoms with van der Waals surface area (Å²) in [4.78, 5) is 24.4. The summed E-state index contributed by atoms with van der Waals surface area (Å²) < 4.78 is 15.6. The van der Waals surface area contributed by atoms with Gasteiger partial charge in [0, 0.05) is 12.5 Å². The van der Waals surface area contributed by atoms with Crippen LogP contribution in [0.15, 0.2) is 12.1 Å². The van der Waals surface area contributed by atoms with E-state index < -0.39 is 0 Å². The lowest BCUT2D eigenvalue weighted by Crippen LogP contribution is -2.13. The van der Waals surface area contributed by atoms with Crippen LogP contribution in [0.25, 0.3) is 0 Å². The molecule has 0 amide bonds. The molecule has 0 bridgehead atoms. The summed E-state index contributed by atoms with van der Waals surface area (Å²) in [5.74, 6) is 0.596. The van der Waals surface area contributed by atoms with Crippen molar-refractivity contribution in [2.75, 3.05) is 20.8 Å². The quantitative estimate of drug-likeness (QED) is 0.374. The van der Waals surface area contributed by atoms with Gasteiger partial charge < -0.3 is 14.2 Å². The SMILES string of the molecule is CCCCCC(=O)c1c(CC(=O)OCC)cc(OC)cc1OC. The Kier molecular flexibility index (Phi) is 8.16. The molecule has 0 spiro atoms. The maximum atomic E-state index is 12.6. The van der Waals surface area contributed by atoms with Crippen LogP contribution in [0.1, 0.15) is 55.5 Å². The highest BCUT2D eigenvalue weighted by atomic mass is 16.5. The van der Waals surface area contributed by atoms with Crippen molar-refractivity contribution in [2.24, 2.45) is 0 Å². The molecule has 1 aromatic carbocycles. The monoisotopic (exact) mass is 322 g/mol. The van der Waals surface area contributed by atoms with Gasteiger partial charge in [-0.1, -0.05) is 19.8 Å². The molecule has 0 saturated carbocycles. The minimum atomic E-state index is -0.370. The van der Waals surface area contributed by atoms with E-state index in [4.69, 9.17) is 14.2 Å². The van der Waals surface area contributed by atoms with Gasteiger partial charge in [0.15, 0.2) is 5.78 Å². The first-order valence-electron chi connectivity index (χ1n) is 8.01. The van der Waals surface area contributed by atoms with Gasteiger partial charge in [-0.15, -0.1) is 0 Å². The first kappa shape index (κ1) is 19.0. The number of carbonyl (C=O) groups is 2. The van der Waals surface area contributed by atoms with E-state index >= 15 is 0 Å². The van der Waals surface area contributed by atoms with E-state index in [-0.39, 0.29) is 18.2 Å². The molecule has 5 nitrogen and oxygen atoms in total. The third-order valence-corrected chi connectivity index (χ3v) is 3.54. The van der Waals surface area contributed by atoms with Gasteiger partial charge in [0.1, 0.15) is 11.5 Å². The Balaban J connectivity index is 3.16. The Hall–Kier alpha value is -2.04. The molecule has 0 radical (unpaired) electrons. The summed E-state index contributed by atoms with van der Waals surface area (Å²) in [6, 6.07) is 3.37. The average molecular weight is 322 g/mol. The maximum absolute atomic E-state index is 12.6. The molecule has 0 atom stereocenters. The van der Waals surface area contributed by atoms with Crippen LogP contribution in [0.3, 0.4) is 0 Å². The third-order valence-electron chi connectivity index (χ3n) is 3.54. The van der Waals surface area contributed by atoms with Crippen molar-refractivity contribution in [3.63, 3.8) is 0 Å². The molecule has 23 heavy (non-hydrogen) atoms. The van der Waals surface area contributed by atoms with Crippen LogP contribution in [-0.4, -0.2) is 32.6 Å². The molecule has 0 aliphatic heterocycles. The van der Waals surface area contributed by atoms with Gasteiger partial charge in [0.2, 0.25) is 0 Å². The van der Waals surface area contributed by atoms with Gasteiger partial charge in [0.05, 0.1) is 32.8 Å². The van der Waals surface area contributed by atoms with Gasteiger partial charge in [-0.2, -0.15) is 0 Å². The van der Waals surface area contributed by atoms with Gasteiger partial charge in [-0.25, -0.2) is 0 Å². The second-order valence-corrected chi connectivity index (χ2v) is 5.23. The Morgan fingerprint density at radius 2 is 1.78 bits per heavy atom. The molecule has 0 saturated heterocycles. The van der Waals surface area contributed by atoms with Crippen LogP contribution in [-0.2, 0) is 16.0 Å². The number of hydrogen-bond acceptors (Lipinski definition) is 5. The normalized spacial score (nSPS) is 10.3. The fourth-order valence-corrected chi connectivity index (χ4v) is 2.41. The van der Waals surface area contributed by atoms with Crippen molar-refractivity contribution >= 4 is 11.8 Å². The number of methoxy groups -OCH3 is 2. The Bertz CT molecular complexity index is 536. The van der Waals surface area contributed by atoms with Crippen LogP contribution in [0.4, 0.5) is 0 Å². The summed E-state index contributed by atoms with van der Waals surface area (Å²) in [6.07, 6.45) is 3.33. The Labute approximate surface area is 137 Å². The minimum Gasteiger partial charge on any atom is -0.497 e. The fraction of sp³-hybridized carbons (Fsp3) is 0.556. The summed E-state index contributed by atoms with van der Waals surface area (Å²) in [7, 11) is 3.04. The number of benzene rings is 1. The standard InChI is InChI=1S/C18H26O5/c1-5-7-8-9-15(19)18-13(11-17(20)23-6-2)10-14(21-3)12-16(18)22-4/h10,12H,5-9,11H2,1-4H3. The molecule has 5 heteroatoms. The average Bonchev–Trinajstić information content (AvgIpc) is 2.54. The van der Waals surface area contributed by atoms with Crippen molar-refractivity contribution in [3.05, 3.63) is 23.3 Å². The number of ether oxygens (including phenoxy) is 3. The van der Waals surface area contributed by atoms with Crippen molar-refractivity contribution in [1.82, 2.24) is 0 Å². The van der Waals surface area contributed by atoms with Crippen LogP contribution in [0, 0.1) is 0 Å². The van der Waals surface area contributed by atoms with Crippen molar-refractivity contribution < 1.29 is 23.8 Å². The molecule has 1 rings (SSSR count). The van der Waals surface area contributed by atoms with E-state index in [1.807, 2.05) is 0 Å². The molecule has 0 fully saturated rings. The van der Waals surface area contributed by atoms with Crippen LogP contribution >= 0.6 is 0 Å². The lowest BCUT2D eigenvalue weighted by atomic mass is 9.96. The first-order chi connectivity index (χ1) is 11.1. The topological polar surface area (TPSA) is 61.8 Å². The number of carbonyl (C=O) groups excluding carboxylic acids is 2. The summed E-state index contributed by atoms with van der Waals surface area (Å²) in [5.41, 5.74) is 1.04. The van der Waals surface area contributed by atoms with E-state index in [9.17, 15) is 9.59 Å². The van der Waals surface area contributed by atoms with Gasteiger partial charge in [0.25, 0.3) is 0 Å². The maximum Gasteiger partial charge on any atom is 0.310 e. The molecule has 0 heterocycles. The molecule has 0 N–H and O–H groups in total. The van der Waals surface area contributed by atoms with Gasteiger partial charge in [-0.05, 0) is 25.0 Å². The number of rotatable bonds is 10. The van der Waals surface area contributed by atoms with E-state index in [1.54, 1.807) is 19.1 Å². The first-order valence-corrected chi connectivity index (χ1v) is 8.01. The smallest absolute Gasteiger partial charge is 0.310 e. The number of unbranched alkanes of at least 4 members (excludes halogenated alkanes) is 2. The molecule has 128 valence electrons. The molecule has 0 unspecified atom stereocenters. The molecule has 0 aromatic heterocycles. The third kappa shape index (κ3) is 5.58. The number of hydrogen-bond donors (Lipinski definition) is 0. The van der Waals surface area contributed by atoms with E-state index in [0.717, 1.165) is 19.3 Å². The van der Waals surface area contributed by atoms with Crippen molar-refractivity contribution in [2.45, 2.75) is 46.0 Å². The van der Waals surface area contributed by atoms with Gasteiger partial charge in [-0.3, -0.25) is 9.59 Å². The fourth-order valence-electron chi connectivity index (χ4n) is 2.41. The second-order valence-electron chi connectivity index (χ2n) is 5.23. The number of esters is 1. The molecule has 1 aromatic rings. The summed E-state index contributed by atoms with van der Waals surface area (Å²) in [6.45, 7) is 4.14. The van der Waals surface area contributed by atoms with E-state index in [0.29, 0.717) is 35.7 Å². The summed E-state index contributed by atoms with van der Waals surface area (Å²) >= 11 is 0. The highest BCUT2D eigenvalue weighted by Gasteiger charge is 2.21.